The lowest BCUT2D eigenvalue weighted by atomic mass is 10.0. The number of para-hydroxylation sites is 1. The molecule has 0 aliphatic carbocycles. The Balaban J connectivity index is 1.50. The first-order valence-corrected chi connectivity index (χ1v) is 11.1. The van der Waals surface area contributed by atoms with E-state index in [-0.39, 0.29) is 16.0 Å². The average molecular weight is 438 g/mol. The van der Waals surface area contributed by atoms with E-state index in [9.17, 15) is 18.5 Å². The Labute approximate surface area is 173 Å². The van der Waals surface area contributed by atoms with Gasteiger partial charge in [0.15, 0.2) is 0 Å². The monoisotopic (exact) mass is 437 g/mol. The van der Waals surface area contributed by atoms with E-state index >= 15 is 0 Å². The summed E-state index contributed by atoms with van der Waals surface area (Å²) in [7, 11) is -3.83. The number of hydrogen-bond donors (Lipinski definition) is 0. The van der Waals surface area contributed by atoms with E-state index in [4.69, 9.17) is 16.3 Å². The Bertz CT molecular complexity index is 1040. The van der Waals surface area contributed by atoms with E-state index in [2.05, 4.69) is 11.0 Å². The fourth-order valence-electron chi connectivity index (χ4n) is 3.87. The molecule has 2 aliphatic heterocycles. The quantitative estimate of drug-likeness (QED) is 0.537. The van der Waals surface area contributed by atoms with Gasteiger partial charge in [-0.15, -0.1) is 0 Å². The number of sulfonamides is 1. The molecule has 154 valence electrons. The van der Waals surface area contributed by atoms with Gasteiger partial charge in [0.25, 0.3) is 5.69 Å². The molecule has 10 heteroatoms. The first-order chi connectivity index (χ1) is 13.9. The molecule has 2 aromatic carbocycles. The molecule has 0 amide bonds. The molecule has 4 rings (SSSR count). The highest BCUT2D eigenvalue weighted by Crippen LogP contribution is 2.33. The maximum Gasteiger partial charge on any atom is 0.289 e. The van der Waals surface area contributed by atoms with Gasteiger partial charge in [0.1, 0.15) is 11.8 Å². The number of anilines is 1. The van der Waals surface area contributed by atoms with Crippen LogP contribution < -0.4 is 4.90 Å². The summed E-state index contributed by atoms with van der Waals surface area (Å²) in [5.41, 5.74) is 1.85. The molecule has 0 atom stereocenters. The lowest BCUT2D eigenvalue weighted by molar-refractivity contribution is -0.384. The van der Waals surface area contributed by atoms with Gasteiger partial charge in [0.05, 0.1) is 16.4 Å². The number of hydrogen-bond acceptors (Lipinski definition) is 6. The van der Waals surface area contributed by atoms with Crippen LogP contribution in [0.5, 0.6) is 0 Å². The van der Waals surface area contributed by atoms with Crippen molar-refractivity contribution in [3.63, 3.8) is 0 Å². The fourth-order valence-corrected chi connectivity index (χ4v) is 5.55. The van der Waals surface area contributed by atoms with Gasteiger partial charge in [-0.05, 0) is 31.0 Å². The van der Waals surface area contributed by atoms with E-state index in [0.29, 0.717) is 39.3 Å². The minimum atomic E-state index is -3.83. The Morgan fingerprint density at radius 1 is 1.14 bits per heavy atom. The zero-order chi connectivity index (χ0) is 20.6. The van der Waals surface area contributed by atoms with Gasteiger partial charge in [0.2, 0.25) is 10.0 Å². The first kappa shape index (κ1) is 20.1. The zero-order valence-corrected chi connectivity index (χ0v) is 17.1. The van der Waals surface area contributed by atoms with Crippen molar-refractivity contribution in [2.24, 2.45) is 0 Å². The fraction of sp³-hybridized carbons (Fsp3) is 0.368. The zero-order valence-electron chi connectivity index (χ0n) is 15.5. The van der Waals surface area contributed by atoms with Crippen LogP contribution in [0.4, 0.5) is 11.4 Å². The summed E-state index contributed by atoms with van der Waals surface area (Å²) in [4.78, 5) is 12.5. The van der Waals surface area contributed by atoms with Crippen molar-refractivity contribution in [1.82, 2.24) is 4.31 Å². The highest BCUT2D eigenvalue weighted by atomic mass is 35.5. The van der Waals surface area contributed by atoms with Crippen molar-refractivity contribution in [2.45, 2.75) is 30.4 Å². The molecule has 29 heavy (non-hydrogen) atoms. The topological polar surface area (TPSA) is 93.0 Å². The van der Waals surface area contributed by atoms with Gasteiger partial charge >= 0.3 is 0 Å². The molecule has 0 N–H and O–H groups in total. The molecule has 0 aromatic heterocycles. The smallest absolute Gasteiger partial charge is 0.289 e. The second-order valence-electron chi connectivity index (χ2n) is 7.08. The van der Waals surface area contributed by atoms with Crippen molar-refractivity contribution >= 4 is 33.0 Å². The molecule has 2 heterocycles. The van der Waals surface area contributed by atoms with Crippen LogP contribution in [0.2, 0.25) is 5.02 Å². The van der Waals surface area contributed by atoms with Crippen LogP contribution in [0.25, 0.3) is 0 Å². The van der Waals surface area contributed by atoms with Gasteiger partial charge in [-0.1, -0.05) is 29.8 Å². The second-order valence-corrected chi connectivity index (χ2v) is 9.43. The summed E-state index contributed by atoms with van der Waals surface area (Å²) in [5.74, 6) is 0. The minimum Gasteiger partial charge on any atom is -0.356 e. The molecule has 0 spiro atoms. The number of piperidine rings is 1. The molecule has 2 aliphatic rings. The number of halogens is 1. The van der Waals surface area contributed by atoms with Crippen molar-refractivity contribution in [2.75, 3.05) is 24.7 Å². The Morgan fingerprint density at radius 2 is 1.86 bits per heavy atom. The number of ether oxygens (including phenoxy) is 1. The maximum absolute atomic E-state index is 13.0. The number of nitrogens with zero attached hydrogens (tertiary/aromatic N) is 3. The molecular weight excluding hydrogens is 418 g/mol. The van der Waals surface area contributed by atoms with Gasteiger partial charge in [-0.25, -0.2) is 8.42 Å². The number of fused-ring (bicyclic) bond motifs is 1. The SMILES string of the molecule is O=[N+]([O-])c1cc(S(=O)(=O)N2CCC(N3COCc4ccccc43)CC2)ccc1Cl. The van der Waals surface area contributed by atoms with Gasteiger partial charge in [-0.2, -0.15) is 4.31 Å². The summed E-state index contributed by atoms with van der Waals surface area (Å²) >= 11 is 5.81. The number of nitro groups is 1. The third-order valence-electron chi connectivity index (χ3n) is 5.41. The summed E-state index contributed by atoms with van der Waals surface area (Å²) < 4.78 is 33.0. The van der Waals surface area contributed by atoms with E-state index in [0.717, 1.165) is 17.3 Å². The minimum absolute atomic E-state index is 0.0866. The largest absolute Gasteiger partial charge is 0.356 e. The van der Waals surface area contributed by atoms with Gasteiger partial charge < -0.3 is 9.64 Å². The molecule has 2 aromatic rings. The first-order valence-electron chi connectivity index (χ1n) is 9.24. The lowest BCUT2D eigenvalue weighted by Crippen LogP contribution is -2.48. The van der Waals surface area contributed by atoms with Crippen LogP contribution in [-0.2, 0) is 21.4 Å². The van der Waals surface area contributed by atoms with Crippen LogP contribution in [0, 0.1) is 10.1 Å². The second kappa shape index (κ2) is 7.91. The maximum atomic E-state index is 13.0. The summed E-state index contributed by atoms with van der Waals surface area (Å²) in [5, 5.41) is 11.0. The number of benzene rings is 2. The van der Waals surface area contributed by atoms with E-state index < -0.39 is 20.6 Å². The third-order valence-corrected chi connectivity index (χ3v) is 7.62. The van der Waals surface area contributed by atoms with Crippen molar-refractivity contribution in [1.29, 1.82) is 0 Å². The van der Waals surface area contributed by atoms with Crippen LogP contribution in [-0.4, -0.2) is 43.5 Å². The molecule has 0 radical (unpaired) electrons. The molecule has 0 bridgehead atoms. The van der Waals surface area contributed by atoms with Crippen LogP contribution >= 0.6 is 11.6 Å². The highest BCUT2D eigenvalue weighted by Gasteiger charge is 2.34. The Morgan fingerprint density at radius 3 is 2.59 bits per heavy atom. The molecule has 1 saturated heterocycles. The van der Waals surface area contributed by atoms with E-state index in [1.807, 2.05) is 18.2 Å². The lowest BCUT2D eigenvalue weighted by Gasteiger charge is -2.41. The summed E-state index contributed by atoms with van der Waals surface area (Å²) in [6.07, 6.45) is 1.29. The van der Waals surface area contributed by atoms with E-state index in [1.165, 1.54) is 16.4 Å². The van der Waals surface area contributed by atoms with Crippen LogP contribution in [0.3, 0.4) is 0 Å². The van der Waals surface area contributed by atoms with Crippen LogP contribution in [0.15, 0.2) is 47.4 Å². The number of rotatable bonds is 4. The normalized spacial score (nSPS) is 18.4. The standard InChI is InChI=1S/C19H20ClN3O5S/c20-17-6-5-16(11-19(17)23(24)25)29(26,27)21-9-7-15(8-10-21)22-13-28-12-14-3-1-2-4-18(14)22/h1-6,11,15H,7-10,12-13H2. The van der Waals surface area contributed by atoms with Crippen molar-refractivity contribution in [3.05, 3.63) is 63.2 Å². The predicted molar refractivity (Wildman–Crippen MR) is 108 cm³/mol. The molecular formula is C19H20ClN3O5S. The predicted octanol–water partition coefficient (Wildman–Crippen LogP) is 3.40. The molecule has 1 fully saturated rings. The third kappa shape index (κ3) is 3.83. The molecule has 8 nitrogen and oxygen atoms in total. The Kier molecular flexibility index (Phi) is 5.48. The summed E-state index contributed by atoms with van der Waals surface area (Å²) in [6.45, 7) is 1.73. The highest BCUT2D eigenvalue weighted by molar-refractivity contribution is 7.89. The van der Waals surface area contributed by atoms with Crippen LogP contribution in [0.1, 0.15) is 18.4 Å². The van der Waals surface area contributed by atoms with Gasteiger partial charge in [0, 0.05) is 36.4 Å². The van der Waals surface area contributed by atoms with Gasteiger partial charge in [-0.3, -0.25) is 10.1 Å². The summed E-state index contributed by atoms with van der Waals surface area (Å²) in [6, 6.07) is 11.8. The molecule has 0 unspecified atom stereocenters. The molecule has 0 saturated carbocycles. The van der Waals surface area contributed by atoms with E-state index in [1.54, 1.807) is 0 Å². The Hall–Kier alpha value is -2.20. The van der Waals surface area contributed by atoms with Crippen molar-refractivity contribution < 1.29 is 18.1 Å². The number of nitro benzene ring substituents is 1. The van der Waals surface area contributed by atoms with Crippen molar-refractivity contribution in [3.8, 4) is 0 Å². The average Bonchev–Trinajstić information content (AvgIpc) is 2.73.